The Labute approximate surface area is 113 Å². The van der Waals surface area contributed by atoms with Crippen LogP contribution in [0, 0.1) is 4.77 Å². The second kappa shape index (κ2) is 4.94. The van der Waals surface area contributed by atoms with Crippen LogP contribution in [-0.4, -0.2) is 29.5 Å². The smallest absolute Gasteiger partial charge is 0.272 e. The van der Waals surface area contributed by atoms with E-state index in [2.05, 4.69) is 4.98 Å². The number of fused-ring (bicyclic) bond motifs is 1. The van der Waals surface area contributed by atoms with Gasteiger partial charge in [0.15, 0.2) is 14.6 Å². The standard InChI is InChI=1S/C10H12N2O3S3/c1-2-18(14,15)6-4-12-9(13)8-7(3-5-17-8)11-10(12)16/h3,5H,2,4,6H2,1H3,(H,11,16). The first-order valence-corrected chi connectivity index (χ1v) is 8.46. The lowest BCUT2D eigenvalue weighted by Gasteiger charge is -2.06. The molecule has 0 aliphatic heterocycles. The molecule has 98 valence electrons. The summed E-state index contributed by atoms with van der Waals surface area (Å²) >= 11 is 6.39. The Morgan fingerprint density at radius 3 is 2.89 bits per heavy atom. The van der Waals surface area contributed by atoms with Crippen LogP contribution in [0.5, 0.6) is 0 Å². The van der Waals surface area contributed by atoms with E-state index in [0.29, 0.717) is 10.2 Å². The molecule has 0 aliphatic carbocycles. The Morgan fingerprint density at radius 2 is 2.22 bits per heavy atom. The van der Waals surface area contributed by atoms with E-state index < -0.39 is 9.84 Å². The lowest BCUT2D eigenvalue weighted by atomic mass is 10.5. The minimum atomic E-state index is -3.11. The summed E-state index contributed by atoms with van der Waals surface area (Å²) in [5.41, 5.74) is 0.472. The predicted octanol–water partition coefficient (Wildman–Crippen LogP) is 1.56. The highest BCUT2D eigenvalue weighted by Gasteiger charge is 2.11. The van der Waals surface area contributed by atoms with Crippen molar-refractivity contribution in [2.24, 2.45) is 0 Å². The van der Waals surface area contributed by atoms with Crippen LogP contribution >= 0.6 is 23.6 Å². The Bertz CT molecular complexity index is 783. The van der Waals surface area contributed by atoms with Gasteiger partial charge in [0.1, 0.15) is 4.70 Å². The summed E-state index contributed by atoms with van der Waals surface area (Å²) in [5, 5.41) is 1.80. The maximum Gasteiger partial charge on any atom is 0.272 e. The number of hydrogen-bond donors (Lipinski definition) is 1. The number of aromatic amines is 1. The van der Waals surface area contributed by atoms with E-state index in [1.54, 1.807) is 18.4 Å². The van der Waals surface area contributed by atoms with Crippen LogP contribution in [0.25, 0.3) is 10.2 Å². The average Bonchev–Trinajstić information content (AvgIpc) is 2.77. The molecule has 0 radical (unpaired) electrons. The molecular formula is C10H12N2O3S3. The summed E-state index contributed by atoms with van der Waals surface area (Å²) in [6.45, 7) is 1.68. The Balaban J connectivity index is 2.46. The van der Waals surface area contributed by atoms with Gasteiger partial charge in [-0.2, -0.15) is 0 Å². The van der Waals surface area contributed by atoms with Crippen LogP contribution in [0.15, 0.2) is 16.2 Å². The van der Waals surface area contributed by atoms with Crippen LogP contribution < -0.4 is 5.56 Å². The molecule has 8 heteroatoms. The van der Waals surface area contributed by atoms with E-state index in [1.165, 1.54) is 15.9 Å². The first-order chi connectivity index (χ1) is 8.44. The lowest BCUT2D eigenvalue weighted by molar-refractivity contribution is 0.587. The Kier molecular flexibility index (Phi) is 3.69. The van der Waals surface area contributed by atoms with Gasteiger partial charge >= 0.3 is 0 Å². The molecule has 2 aromatic rings. The van der Waals surface area contributed by atoms with Crippen LogP contribution in [0.3, 0.4) is 0 Å². The molecule has 0 saturated heterocycles. The SMILES string of the molecule is CCS(=O)(=O)CCn1c(=S)[nH]c2ccsc2c1=O. The topological polar surface area (TPSA) is 71.9 Å². The third kappa shape index (κ3) is 2.55. The molecular weight excluding hydrogens is 292 g/mol. The van der Waals surface area contributed by atoms with Gasteiger partial charge in [0.2, 0.25) is 0 Å². The summed E-state index contributed by atoms with van der Waals surface area (Å²) in [6.07, 6.45) is 0. The molecule has 0 spiro atoms. The van der Waals surface area contributed by atoms with Gasteiger partial charge in [-0.3, -0.25) is 9.36 Å². The van der Waals surface area contributed by atoms with Gasteiger partial charge in [0, 0.05) is 12.3 Å². The van der Waals surface area contributed by atoms with Crippen LogP contribution in [0.2, 0.25) is 0 Å². The molecule has 1 N–H and O–H groups in total. The summed E-state index contributed by atoms with van der Waals surface area (Å²) in [4.78, 5) is 15.0. The zero-order valence-electron chi connectivity index (χ0n) is 9.67. The van der Waals surface area contributed by atoms with Crippen LogP contribution in [-0.2, 0) is 16.4 Å². The molecule has 0 fully saturated rings. The number of nitrogens with one attached hydrogen (secondary N) is 1. The van der Waals surface area contributed by atoms with Crippen molar-refractivity contribution in [2.75, 3.05) is 11.5 Å². The average molecular weight is 304 g/mol. The second-order valence-corrected chi connectivity index (χ2v) is 7.56. The van der Waals surface area contributed by atoms with Crippen molar-refractivity contribution in [3.8, 4) is 0 Å². The van der Waals surface area contributed by atoms with Gasteiger partial charge in [-0.1, -0.05) is 6.92 Å². The van der Waals surface area contributed by atoms with Gasteiger partial charge in [-0.15, -0.1) is 11.3 Å². The minimum absolute atomic E-state index is 0.0689. The normalized spacial score (nSPS) is 12.1. The van der Waals surface area contributed by atoms with E-state index in [0.717, 1.165) is 0 Å². The Morgan fingerprint density at radius 1 is 1.50 bits per heavy atom. The van der Waals surface area contributed by atoms with E-state index in [4.69, 9.17) is 12.2 Å². The molecule has 0 bridgehead atoms. The van der Waals surface area contributed by atoms with Crippen molar-refractivity contribution in [3.05, 3.63) is 26.6 Å². The fourth-order valence-electron chi connectivity index (χ4n) is 1.55. The summed E-state index contributed by atoms with van der Waals surface area (Å²) < 4.78 is 25.0. The van der Waals surface area contributed by atoms with Gasteiger partial charge in [0.25, 0.3) is 5.56 Å². The van der Waals surface area contributed by atoms with Crippen molar-refractivity contribution < 1.29 is 8.42 Å². The summed E-state index contributed by atoms with van der Waals surface area (Å²) in [7, 11) is -3.11. The van der Waals surface area contributed by atoms with Crippen molar-refractivity contribution in [2.45, 2.75) is 13.5 Å². The zero-order chi connectivity index (χ0) is 13.3. The zero-order valence-corrected chi connectivity index (χ0v) is 12.1. The fourth-order valence-corrected chi connectivity index (χ4v) is 3.38. The highest BCUT2D eigenvalue weighted by atomic mass is 32.2. The molecule has 0 aromatic carbocycles. The van der Waals surface area contributed by atoms with Crippen LogP contribution in [0.1, 0.15) is 6.92 Å². The maximum atomic E-state index is 12.1. The number of aromatic nitrogens is 2. The van der Waals surface area contributed by atoms with Gasteiger partial charge in [-0.25, -0.2) is 8.42 Å². The Hall–Kier alpha value is -0.990. The van der Waals surface area contributed by atoms with Gasteiger partial charge in [0.05, 0.1) is 11.3 Å². The number of H-pyrrole nitrogens is 1. The van der Waals surface area contributed by atoms with Gasteiger partial charge in [-0.05, 0) is 23.7 Å². The molecule has 2 heterocycles. The largest absolute Gasteiger partial charge is 0.331 e. The lowest BCUT2D eigenvalue weighted by Crippen LogP contribution is -2.25. The molecule has 0 atom stereocenters. The number of nitrogens with zero attached hydrogens (tertiary/aromatic N) is 1. The highest BCUT2D eigenvalue weighted by Crippen LogP contribution is 2.13. The number of hydrogen-bond acceptors (Lipinski definition) is 5. The van der Waals surface area contributed by atoms with E-state index in [1.807, 2.05) is 0 Å². The van der Waals surface area contributed by atoms with E-state index >= 15 is 0 Å². The molecule has 0 saturated carbocycles. The number of sulfone groups is 1. The molecule has 5 nitrogen and oxygen atoms in total. The molecule has 2 aromatic heterocycles. The third-order valence-corrected chi connectivity index (χ3v) is 5.57. The van der Waals surface area contributed by atoms with Crippen molar-refractivity contribution in [1.29, 1.82) is 0 Å². The summed E-state index contributed by atoms with van der Waals surface area (Å²) in [6, 6.07) is 1.78. The second-order valence-electron chi connectivity index (χ2n) is 3.79. The van der Waals surface area contributed by atoms with E-state index in [-0.39, 0.29) is 28.4 Å². The van der Waals surface area contributed by atoms with Crippen molar-refractivity contribution in [1.82, 2.24) is 9.55 Å². The first-order valence-electron chi connectivity index (χ1n) is 5.35. The predicted molar refractivity (Wildman–Crippen MR) is 75.6 cm³/mol. The molecule has 2 rings (SSSR count). The van der Waals surface area contributed by atoms with E-state index in [9.17, 15) is 13.2 Å². The van der Waals surface area contributed by atoms with Gasteiger partial charge < -0.3 is 4.98 Å². The highest BCUT2D eigenvalue weighted by molar-refractivity contribution is 7.91. The third-order valence-electron chi connectivity index (χ3n) is 2.66. The van der Waals surface area contributed by atoms with Crippen LogP contribution in [0.4, 0.5) is 0 Å². The molecule has 0 unspecified atom stereocenters. The minimum Gasteiger partial charge on any atom is -0.331 e. The fraction of sp³-hybridized carbons (Fsp3) is 0.400. The molecule has 18 heavy (non-hydrogen) atoms. The molecule has 0 aliphatic rings. The maximum absolute atomic E-state index is 12.1. The number of thiophene rings is 1. The van der Waals surface area contributed by atoms with Crippen molar-refractivity contribution in [3.63, 3.8) is 0 Å². The molecule has 0 amide bonds. The quantitative estimate of drug-likeness (QED) is 0.870. The summed E-state index contributed by atoms with van der Waals surface area (Å²) in [5.74, 6) is -0.00274. The monoisotopic (exact) mass is 304 g/mol. The van der Waals surface area contributed by atoms with Crippen molar-refractivity contribution >= 4 is 43.6 Å². The number of rotatable bonds is 4. The first kappa shape index (κ1) is 13.4.